The fourth-order valence-corrected chi connectivity index (χ4v) is 3.41. The van der Waals surface area contributed by atoms with Gasteiger partial charge in [0, 0.05) is 48.3 Å². The van der Waals surface area contributed by atoms with Gasteiger partial charge in [-0.15, -0.1) is 0 Å². The van der Waals surface area contributed by atoms with Crippen molar-refractivity contribution in [3.63, 3.8) is 0 Å². The van der Waals surface area contributed by atoms with Crippen molar-refractivity contribution in [1.29, 1.82) is 0 Å². The Kier molecular flexibility index (Phi) is 5.25. The zero-order valence-electron chi connectivity index (χ0n) is 16.7. The van der Waals surface area contributed by atoms with Gasteiger partial charge >= 0.3 is 6.03 Å². The molecule has 3 aromatic rings. The Bertz CT molecular complexity index is 1040. The van der Waals surface area contributed by atoms with Gasteiger partial charge in [-0.1, -0.05) is 25.1 Å². The molecule has 2 aromatic carbocycles. The molecule has 0 aliphatic heterocycles. The van der Waals surface area contributed by atoms with E-state index in [0.717, 1.165) is 41.6 Å². The summed E-state index contributed by atoms with van der Waals surface area (Å²) in [6.45, 7) is 2.52. The minimum Gasteiger partial charge on any atom is -0.461 e. The standard InChI is InChI=1S/C23H25N3O3/c1-3-20-19(18-6-4-5-7-21(18)29-20)14-26(2)22(27)15-8-10-16(11-9-15)24-23(28)25-17-12-13-17/h4-11,17H,3,12-14H2,1-2H3,(H2,24,25,28). The van der Waals surface area contributed by atoms with E-state index in [-0.39, 0.29) is 11.9 Å². The first kappa shape index (κ1) is 19.1. The first-order chi connectivity index (χ1) is 14.0. The van der Waals surface area contributed by atoms with Crippen LogP contribution in [0.2, 0.25) is 0 Å². The van der Waals surface area contributed by atoms with Crippen LogP contribution in [-0.2, 0) is 13.0 Å². The third-order valence-corrected chi connectivity index (χ3v) is 5.15. The second-order valence-corrected chi connectivity index (χ2v) is 7.46. The molecule has 0 spiro atoms. The van der Waals surface area contributed by atoms with Crippen molar-refractivity contribution in [2.24, 2.45) is 0 Å². The van der Waals surface area contributed by atoms with E-state index in [2.05, 4.69) is 10.6 Å². The van der Waals surface area contributed by atoms with Crippen LogP contribution in [0, 0.1) is 0 Å². The molecular weight excluding hydrogens is 366 g/mol. The number of para-hydroxylation sites is 1. The van der Waals surface area contributed by atoms with Gasteiger partial charge in [0.1, 0.15) is 11.3 Å². The van der Waals surface area contributed by atoms with Crippen molar-refractivity contribution in [1.82, 2.24) is 10.2 Å². The second-order valence-electron chi connectivity index (χ2n) is 7.46. The number of nitrogens with one attached hydrogen (secondary N) is 2. The minimum absolute atomic E-state index is 0.0775. The number of fused-ring (bicyclic) bond motifs is 1. The van der Waals surface area contributed by atoms with E-state index in [1.165, 1.54) is 0 Å². The molecule has 150 valence electrons. The highest BCUT2D eigenvalue weighted by atomic mass is 16.3. The summed E-state index contributed by atoms with van der Waals surface area (Å²) in [4.78, 5) is 26.4. The Morgan fingerprint density at radius 1 is 1.10 bits per heavy atom. The van der Waals surface area contributed by atoms with E-state index >= 15 is 0 Å². The average molecular weight is 391 g/mol. The Morgan fingerprint density at radius 2 is 1.83 bits per heavy atom. The van der Waals surface area contributed by atoms with Crippen LogP contribution in [0.25, 0.3) is 11.0 Å². The third-order valence-electron chi connectivity index (χ3n) is 5.15. The van der Waals surface area contributed by atoms with Gasteiger partial charge in [0.05, 0.1) is 0 Å². The minimum atomic E-state index is -0.206. The predicted molar refractivity (Wildman–Crippen MR) is 113 cm³/mol. The molecule has 1 heterocycles. The van der Waals surface area contributed by atoms with E-state index in [9.17, 15) is 9.59 Å². The lowest BCUT2D eigenvalue weighted by molar-refractivity contribution is 0.0785. The van der Waals surface area contributed by atoms with Gasteiger partial charge in [-0.2, -0.15) is 0 Å². The number of benzene rings is 2. The fourth-order valence-electron chi connectivity index (χ4n) is 3.41. The Balaban J connectivity index is 1.44. The van der Waals surface area contributed by atoms with Gasteiger partial charge in [0.2, 0.25) is 0 Å². The Labute approximate surface area is 169 Å². The zero-order valence-corrected chi connectivity index (χ0v) is 16.7. The number of nitrogens with zero attached hydrogens (tertiary/aromatic N) is 1. The van der Waals surface area contributed by atoms with E-state index in [4.69, 9.17) is 4.42 Å². The average Bonchev–Trinajstić information content (AvgIpc) is 3.47. The van der Waals surface area contributed by atoms with Crippen LogP contribution in [0.5, 0.6) is 0 Å². The smallest absolute Gasteiger partial charge is 0.319 e. The molecular formula is C23H25N3O3. The molecule has 1 saturated carbocycles. The summed E-state index contributed by atoms with van der Waals surface area (Å²) < 4.78 is 5.94. The van der Waals surface area contributed by atoms with Gasteiger partial charge in [0.15, 0.2) is 0 Å². The van der Waals surface area contributed by atoms with Crippen LogP contribution in [0.1, 0.15) is 41.4 Å². The monoisotopic (exact) mass is 391 g/mol. The van der Waals surface area contributed by atoms with Crippen molar-refractivity contribution in [3.8, 4) is 0 Å². The molecule has 29 heavy (non-hydrogen) atoms. The van der Waals surface area contributed by atoms with Crippen molar-refractivity contribution in [3.05, 3.63) is 65.4 Å². The normalized spacial score (nSPS) is 13.3. The molecule has 0 atom stereocenters. The maximum absolute atomic E-state index is 12.9. The summed E-state index contributed by atoms with van der Waals surface area (Å²) in [6, 6.07) is 15.0. The maximum atomic E-state index is 12.9. The second kappa shape index (κ2) is 7.99. The molecule has 1 aliphatic rings. The molecule has 1 aromatic heterocycles. The number of amides is 3. The van der Waals surface area contributed by atoms with Crippen LogP contribution in [-0.4, -0.2) is 29.9 Å². The number of carbonyl (C=O) groups excluding carboxylic acids is 2. The fraction of sp³-hybridized carbons (Fsp3) is 0.304. The van der Waals surface area contributed by atoms with Crippen LogP contribution >= 0.6 is 0 Å². The highest BCUT2D eigenvalue weighted by Crippen LogP contribution is 2.27. The number of furan rings is 1. The lowest BCUT2D eigenvalue weighted by Gasteiger charge is -2.18. The zero-order chi connectivity index (χ0) is 20.4. The van der Waals surface area contributed by atoms with Crippen LogP contribution < -0.4 is 10.6 Å². The highest BCUT2D eigenvalue weighted by molar-refractivity contribution is 5.96. The molecule has 4 rings (SSSR count). The van der Waals surface area contributed by atoms with E-state index in [1.807, 2.05) is 31.2 Å². The first-order valence-electron chi connectivity index (χ1n) is 9.97. The van der Waals surface area contributed by atoms with E-state index in [1.54, 1.807) is 36.2 Å². The molecule has 1 fully saturated rings. The quantitative estimate of drug-likeness (QED) is 0.647. The van der Waals surface area contributed by atoms with Crippen molar-refractivity contribution in [2.75, 3.05) is 12.4 Å². The summed E-state index contributed by atoms with van der Waals surface area (Å²) in [5.41, 5.74) is 3.14. The maximum Gasteiger partial charge on any atom is 0.319 e. The van der Waals surface area contributed by atoms with Crippen molar-refractivity contribution < 1.29 is 14.0 Å². The van der Waals surface area contributed by atoms with Crippen molar-refractivity contribution in [2.45, 2.75) is 38.8 Å². The molecule has 0 bridgehead atoms. The third kappa shape index (κ3) is 4.26. The van der Waals surface area contributed by atoms with Crippen LogP contribution in [0.4, 0.5) is 10.5 Å². The molecule has 1 aliphatic carbocycles. The lowest BCUT2D eigenvalue weighted by atomic mass is 10.1. The molecule has 0 unspecified atom stereocenters. The van der Waals surface area contributed by atoms with E-state index < -0.39 is 0 Å². The molecule has 3 amide bonds. The number of carbonyl (C=O) groups is 2. The largest absolute Gasteiger partial charge is 0.461 e. The van der Waals surface area contributed by atoms with Crippen molar-refractivity contribution >= 4 is 28.6 Å². The molecule has 2 N–H and O–H groups in total. The summed E-state index contributed by atoms with van der Waals surface area (Å²) in [5, 5.41) is 6.71. The van der Waals surface area contributed by atoms with E-state index in [0.29, 0.717) is 23.8 Å². The number of aryl methyl sites for hydroxylation is 1. The van der Waals surface area contributed by atoms with Gasteiger partial charge < -0.3 is 20.0 Å². The predicted octanol–water partition coefficient (Wildman–Crippen LogP) is 4.55. The van der Waals surface area contributed by atoms with Gasteiger partial charge in [-0.05, 0) is 43.2 Å². The number of urea groups is 1. The molecule has 6 nitrogen and oxygen atoms in total. The van der Waals surface area contributed by atoms with Crippen LogP contribution in [0.3, 0.4) is 0 Å². The van der Waals surface area contributed by atoms with Gasteiger partial charge in [-0.25, -0.2) is 4.79 Å². The summed E-state index contributed by atoms with van der Waals surface area (Å²) in [6.07, 6.45) is 2.85. The SMILES string of the molecule is CCc1oc2ccccc2c1CN(C)C(=O)c1ccc(NC(=O)NC2CC2)cc1. The number of hydrogen-bond acceptors (Lipinski definition) is 3. The summed E-state index contributed by atoms with van der Waals surface area (Å²) in [5.74, 6) is 0.832. The molecule has 6 heteroatoms. The molecule has 0 saturated heterocycles. The number of rotatable bonds is 6. The van der Waals surface area contributed by atoms with Gasteiger partial charge in [-0.3, -0.25) is 4.79 Å². The van der Waals surface area contributed by atoms with Crippen LogP contribution in [0.15, 0.2) is 52.9 Å². The first-order valence-corrected chi connectivity index (χ1v) is 9.97. The summed E-state index contributed by atoms with van der Waals surface area (Å²) in [7, 11) is 1.79. The summed E-state index contributed by atoms with van der Waals surface area (Å²) >= 11 is 0. The number of anilines is 1. The Hall–Kier alpha value is -3.28. The topological polar surface area (TPSA) is 74.6 Å². The lowest BCUT2D eigenvalue weighted by Crippen LogP contribution is -2.30. The number of hydrogen-bond donors (Lipinski definition) is 2. The Morgan fingerprint density at radius 3 is 2.52 bits per heavy atom. The van der Waals surface area contributed by atoms with Gasteiger partial charge in [0.25, 0.3) is 5.91 Å². The molecule has 0 radical (unpaired) electrons. The highest BCUT2D eigenvalue weighted by Gasteiger charge is 2.23.